The largest absolute Gasteiger partial charge is 0.493 e. The van der Waals surface area contributed by atoms with E-state index >= 15 is 0 Å². The lowest BCUT2D eigenvalue weighted by Crippen LogP contribution is -2.20. The van der Waals surface area contributed by atoms with Crippen LogP contribution in [0.2, 0.25) is 0 Å². The van der Waals surface area contributed by atoms with Crippen molar-refractivity contribution in [1.29, 1.82) is 5.26 Å². The second-order valence-corrected chi connectivity index (χ2v) is 6.55. The SMILES string of the molecule is COc1cccc2cc(C(=O)Nc3cccc(-c4cccc(C#N)c4)c3)c(=O)oc12. The molecule has 0 radical (unpaired) electrons. The first-order valence-corrected chi connectivity index (χ1v) is 9.12. The zero-order valence-corrected chi connectivity index (χ0v) is 16.0. The van der Waals surface area contributed by atoms with Crippen molar-refractivity contribution in [3.63, 3.8) is 0 Å². The molecule has 3 aromatic carbocycles. The molecule has 6 nitrogen and oxygen atoms in total. The van der Waals surface area contributed by atoms with Gasteiger partial charge in [-0.3, -0.25) is 4.79 Å². The number of hydrogen-bond donors (Lipinski definition) is 1. The first-order valence-electron chi connectivity index (χ1n) is 9.12. The predicted molar refractivity (Wildman–Crippen MR) is 114 cm³/mol. The summed E-state index contributed by atoms with van der Waals surface area (Å²) >= 11 is 0. The van der Waals surface area contributed by atoms with Crippen LogP contribution in [0, 0.1) is 11.3 Å². The number of fused-ring (bicyclic) bond motifs is 1. The Morgan fingerprint density at radius 2 is 1.73 bits per heavy atom. The lowest BCUT2D eigenvalue weighted by atomic mass is 10.0. The normalized spacial score (nSPS) is 10.4. The minimum Gasteiger partial charge on any atom is -0.493 e. The van der Waals surface area contributed by atoms with Gasteiger partial charge in [0.1, 0.15) is 5.56 Å². The Kier molecular flexibility index (Phi) is 5.02. The van der Waals surface area contributed by atoms with Crippen LogP contribution in [0.25, 0.3) is 22.1 Å². The third kappa shape index (κ3) is 3.64. The van der Waals surface area contributed by atoms with Crippen molar-refractivity contribution in [2.24, 2.45) is 0 Å². The highest BCUT2D eigenvalue weighted by Crippen LogP contribution is 2.26. The molecule has 1 heterocycles. The van der Waals surface area contributed by atoms with Gasteiger partial charge in [0.25, 0.3) is 5.91 Å². The monoisotopic (exact) mass is 396 g/mol. The highest BCUT2D eigenvalue weighted by molar-refractivity contribution is 6.05. The molecule has 0 atom stereocenters. The van der Waals surface area contributed by atoms with E-state index in [2.05, 4.69) is 11.4 Å². The first-order chi connectivity index (χ1) is 14.6. The van der Waals surface area contributed by atoms with Crippen LogP contribution in [-0.4, -0.2) is 13.0 Å². The second kappa shape index (κ2) is 7.94. The summed E-state index contributed by atoms with van der Waals surface area (Å²) in [4.78, 5) is 25.1. The van der Waals surface area contributed by atoms with Gasteiger partial charge in [0.2, 0.25) is 0 Å². The molecule has 0 saturated heterocycles. The van der Waals surface area contributed by atoms with Crippen LogP contribution in [0.15, 0.2) is 82.0 Å². The van der Waals surface area contributed by atoms with Crippen molar-refractivity contribution >= 4 is 22.6 Å². The number of methoxy groups -OCH3 is 1. The van der Waals surface area contributed by atoms with Crippen LogP contribution in [0.3, 0.4) is 0 Å². The summed E-state index contributed by atoms with van der Waals surface area (Å²) in [6.45, 7) is 0. The van der Waals surface area contributed by atoms with Crippen molar-refractivity contribution in [1.82, 2.24) is 0 Å². The van der Waals surface area contributed by atoms with E-state index in [1.54, 1.807) is 54.6 Å². The molecule has 1 N–H and O–H groups in total. The number of ether oxygens (including phenoxy) is 1. The molecule has 0 spiro atoms. The molecule has 1 aromatic heterocycles. The third-order valence-corrected chi connectivity index (χ3v) is 4.63. The van der Waals surface area contributed by atoms with Crippen LogP contribution in [-0.2, 0) is 0 Å². The number of amides is 1. The fourth-order valence-electron chi connectivity index (χ4n) is 3.18. The number of rotatable bonds is 4. The zero-order valence-electron chi connectivity index (χ0n) is 16.0. The average Bonchev–Trinajstić information content (AvgIpc) is 2.78. The molecule has 30 heavy (non-hydrogen) atoms. The van der Waals surface area contributed by atoms with Gasteiger partial charge in [0.15, 0.2) is 11.3 Å². The van der Waals surface area contributed by atoms with E-state index in [1.165, 1.54) is 13.2 Å². The van der Waals surface area contributed by atoms with Gasteiger partial charge >= 0.3 is 5.63 Å². The van der Waals surface area contributed by atoms with Gasteiger partial charge in [0, 0.05) is 11.1 Å². The Labute approximate surface area is 172 Å². The van der Waals surface area contributed by atoms with Crippen molar-refractivity contribution in [3.05, 3.63) is 94.3 Å². The minimum atomic E-state index is -0.748. The zero-order chi connectivity index (χ0) is 21.1. The molecule has 0 aliphatic carbocycles. The van der Waals surface area contributed by atoms with Gasteiger partial charge < -0.3 is 14.5 Å². The summed E-state index contributed by atoms with van der Waals surface area (Å²) < 4.78 is 10.5. The number of nitrogens with zero attached hydrogens (tertiary/aromatic N) is 1. The van der Waals surface area contributed by atoms with Gasteiger partial charge in [-0.05, 0) is 47.5 Å². The number of hydrogen-bond acceptors (Lipinski definition) is 5. The standard InChI is InChI=1S/C24H16N2O4/c1-29-21-10-4-8-18-13-20(24(28)30-22(18)21)23(27)26-19-9-3-7-17(12-19)16-6-2-5-15(11-16)14-25/h2-13H,1H3,(H,26,27). The van der Waals surface area contributed by atoms with Gasteiger partial charge in [-0.15, -0.1) is 0 Å². The Hall–Kier alpha value is -4.37. The fourth-order valence-corrected chi connectivity index (χ4v) is 3.18. The molecular formula is C24H16N2O4. The van der Waals surface area contributed by atoms with Crippen molar-refractivity contribution in [3.8, 4) is 22.9 Å². The summed E-state index contributed by atoms with van der Waals surface area (Å²) in [5, 5.41) is 12.4. The highest BCUT2D eigenvalue weighted by atomic mass is 16.5. The van der Waals surface area contributed by atoms with E-state index in [-0.39, 0.29) is 5.56 Å². The van der Waals surface area contributed by atoms with Crippen LogP contribution in [0.1, 0.15) is 15.9 Å². The van der Waals surface area contributed by atoms with Crippen molar-refractivity contribution in [2.45, 2.75) is 0 Å². The van der Waals surface area contributed by atoms with E-state index in [1.807, 2.05) is 12.1 Å². The summed E-state index contributed by atoms with van der Waals surface area (Å²) in [5.41, 5.74) is 2.19. The molecule has 0 unspecified atom stereocenters. The van der Waals surface area contributed by atoms with E-state index in [4.69, 9.17) is 14.4 Å². The average molecular weight is 396 g/mol. The van der Waals surface area contributed by atoms with E-state index in [0.717, 1.165) is 11.1 Å². The molecule has 1 amide bonds. The number of nitriles is 1. The first kappa shape index (κ1) is 19.0. The summed E-state index contributed by atoms with van der Waals surface area (Å²) in [6, 6.07) is 23.1. The molecule has 0 saturated carbocycles. The van der Waals surface area contributed by atoms with Crippen LogP contribution in [0.5, 0.6) is 5.75 Å². The van der Waals surface area contributed by atoms with Crippen molar-refractivity contribution < 1.29 is 13.9 Å². The number of anilines is 1. The lowest BCUT2D eigenvalue weighted by molar-refractivity contribution is 0.102. The Morgan fingerprint density at radius 3 is 2.50 bits per heavy atom. The Morgan fingerprint density at radius 1 is 1.00 bits per heavy atom. The molecule has 146 valence electrons. The maximum absolute atomic E-state index is 12.7. The van der Waals surface area contributed by atoms with Gasteiger partial charge in [0.05, 0.1) is 18.7 Å². The third-order valence-electron chi connectivity index (χ3n) is 4.63. The quantitative estimate of drug-likeness (QED) is 0.509. The Balaban J connectivity index is 1.65. The van der Waals surface area contributed by atoms with Gasteiger partial charge in [-0.1, -0.05) is 36.4 Å². The molecule has 0 aliphatic rings. The molecule has 0 fully saturated rings. The van der Waals surface area contributed by atoms with Crippen molar-refractivity contribution in [2.75, 3.05) is 12.4 Å². The van der Waals surface area contributed by atoms with Crippen LogP contribution < -0.4 is 15.7 Å². The number of benzene rings is 3. The number of nitrogens with one attached hydrogen (secondary N) is 1. The Bertz CT molecular complexity index is 1370. The predicted octanol–water partition coefficient (Wildman–Crippen LogP) is 4.59. The topological polar surface area (TPSA) is 92.3 Å². The summed E-state index contributed by atoms with van der Waals surface area (Å²) in [5.74, 6) is -0.153. The molecule has 4 aromatic rings. The fraction of sp³-hybridized carbons (Fsp3) is 0.0417. The van der Waals surface area contributed by atoms with Crippen LogP contribution >= 0.6 is 0 Å². The highest BCUT2D eigenvalue weighted by Gasteiger charge is 2.16. The number of carbonyl (C=O) groups excluding carboxylic acids is 1. The smallest absolute Gasteiger partial charge is 0.349 e. The number of carbonyl (C=O) groups is 1. The molecular weight excluding hydrogens is 380 g/mol. The molecule has 6 heteroatoms. The molecule has 0 aliphatic heterocycles. The number of para-hydroxylation sites is 1. The molecule has 0 bridgehead atoms. The second-order valence-electron chi connectivity index (χ2n) is 6.55. The minimum absolute atomic E-state index is 0.104. The summed E-state index contributed by atoms with van der Waals surface area (Å²) in [7, 11) is 1.48. The van der Waals surface area contributed by atoms with Gasteiger partial charge in [-0.25, -0.2) is 4.79 Å². The van der Waals surface area contributed by atoms with E-state index in [0.29, 0.717) is 28.0 Å². The maximum atomic E-state index is 12.7. The van der Waals surface area contributed by atoms with Crippen LogP contribution in [0.4, 0.5) is 5.69 Å². The maximum Gasteiger partial charge on any atom is 0.349 e. The lowest BCUT2D eigenvalue weighted by Gasteiger charge is -2.09. The van der Waals surface area contributed by atoms with Gasteiger partial charge in [-0.2, -0.15) is 5.26 Å². The van der Waals surface area contributed by atoms with E-state index in [9.17, 15) is 9.59 Å². The van der Waals surface area contributed by atoms with E-state index < -0.39 is 11.5 Å². The molecule has 4 rings (SSSR count). The summed E-state index contributed by atoms with van der Waals surface area (Å²) in [6.07, 6.45) is 0.